The number of benzene rings is 1. The number of hydrogen-bond acceptors (Lipinski definition) is 3. The average molecular weight is 209 g/mol. The standard InChI is InChI=1S/C9H5ClN2O2/c1-2-6-3-4-8(12(13)14)7(5-11)9(6)10/h2-4H,1H2. The fourth-order valence-electron chi connectivity index (χ4n) is 0.998. The Balaban J connectivity index is 3.53. The highest BCUT2D eigenvalue weighted by Gasteiger charge is 2.18. The molecule has 70 valence electrons. The van der Waals surface area contributed by atoms with E-state index < -0.39 is 4.92 Å². The molecule has 0 aliphatic heterocycles. The molecule has 0 spiro atoms. The van der Waals surface area contributed by atoms with E-state index in [1.807, 2.05) is 0 Å². The van der Waals surface area contributed by atoms with Crippen molar-refractivity contribution in [3.63, 3.8) is 0 Å². The monoisotopic (exact) mass is 208 g/mol. The summed E-state index contributed by atoms with van der Waals surface area (Å²) in [4.78, 5) is 9.86. The van der Waals surface area contributed by atoms with Gasteiger partial charge in [0.2, 0.25) is 0 Å². The third-order valence-electron chi connectivity index (χ3n) is 1.68. The molecule has 1 aromatic carbocycles. The molecule has 0 aromatic heterocycles. The lowest BCUT2D eigenvalue weighted by molar-refractivity contribution is -0.385. The maximum atomic E-state index is 10.5. The van der Waals surface area contributed by atoms with Crippen molar-refractivity contribution in [2.24, 2.45) is 0 Å². The first-order chi connectivity index (χ1) is 6.61. The molecular formula is C9H5ClN2O2. The minimum atomic E-state index is -0.642. The van der Waals surface area contributed by atoms with Gasteiger partial charge in [0.05, 0.1) is 9.95 Å². The van der Waals surface area contributed by atoms with Gasteiger partial charge in [0.25, 0.3) is 5.69 Å². The summed E-state index contributed by atoms with van der Waals surface area (Å²) in [6.07, 6.45) is 1.44. The molecule has 4 nitrogen and oxygen atoms in total. The Morgan fingerprint density at radius 3 is 2.71 bits per heavy atom. The summed E-state index contributed by atoms with van der Waals surface area (Å²) in [7, 11) is 0. The van der Waals surface area contributed by atoms with Crippen molar-refractivity contribution < 1.29 is 4.92 Å². The fraction of sp³-hybridized carbons (Fsp3) is 0. The van der Waals surface area contributed by atoms with E-state index in [0.717, 1.165) is 0 Å². The zero-order valence-corrected chi connectivity index (χ0v) is 7.78. The second-order valence-corrected chi connectivity index (χ2v) is 2.81. The number of nitrogens with zero attached hydrogens (tertiary/aromatic N) is 2. The van der Waals surface area contributed by atoms with Crippen LogP contribution in [0.15, 0.2) is 18.7 Å². The zero-order valence-electron chi connectivity index (χ0n) is 7.03. The van der Waals surface area contributed by atoms with Crippen LogP contribution in [0.2, 0.25) is 5.02 Å². The molecule has 0 saturated heterocycles. The fourth-order valence-corrected chi connectivity index (χ4v) is 1.28. The summed E-state index contributed by atoms with van der Waals surface area (Å²) in [6, 6.07) is 4.39. The van der Waals surface area contributed by atoms with Crippen molar-refractivity contribution in [1.29, 1.82) is 5.26 Å². The van der Waals surface area contributed by atoms with Gasteiger partial charge in [0.1, 0.15) is 11.6 Å². The second-order valence-electron chi connectivity index (χ2n) is 2.44. The first kappa shape index (κ1) is 10.2. The quantitative estimate of drug-likeness (QED) is 0.554. The van der Waals surface area contributed by atoms with Crippen LogP contribution in [-0.4, -0.2) is 4.92 Å². The van der Waals surface area contributed by atoms with Crippen molar-refractivity contribution >= 4 is 23.4 Å². The van der Waals surface area contributed by atoms with E-state index in [-0.39, 0.29) is 16.3 Å². The number of nitro benzene ring substituents is 1. The lowest BCUT2D eigenvalue weighted by Crippen LogP contribution is -1.94. The molecule has 1 aromatic rings. The van der Waals surface area contributed by atoms with Crippen molar-refractivity contribution in [3.8, 4) is 6.07 Å². The Bertz CT molecular complexity index is 449. The summed E-state index contributed by atoms with van der Waals surface area (Å²) in [6.45, 7) is 3.48. The Hall–Kier alpha value is -1.86. The molecule has 0 radical (unpaired) electrons. The third kappa shape index (κ3) is 1.58. The molecule has 0 amide bonds. The van der Waals surface area contributed by atoms with Crippen LogP contribution in [0, 0.1) is 21.4 Å². The number of nitro groups is 1. The molecule has 0 atom stereocenters. The van der Waals surface area contributed by atoms with Gasteiger partial charge in [-0.05, 0) is 11.6 Å². The highest BCUT2D eigenvalue weighted by atomic mass is 35.5. The van der Waals surface area contributed by atoms with Crippen LogP contribution in [0.3, 0.4) is 0 Å². The number of hydrogen-bond donors (Lipinski definition) is 0. The van der Waals surface area contributed by atoms with Gasteiger partial charge in [-0.2, -0.15) is 5.26 Å². The summed E-state index contributed by atoms with van der Waals surface area (Å²) < 4.78 is 0. The van der Waals surface area contributed by atoms with Crippen molar-refractivity contribution in [2.45, 2.75) is 0 Å². The SMILES string of the molecule is C=Cc1ccc([N+](=O)[O-])c(C#N)c1Cl. The predicted molar refractivity (Wildman–Crippen MR) is 52.9 cm³/mol. The first-order valence-corrected chi connectivity index (χ1v) is 3.99. The first-order valence-electron chi connectivity index (χ1n) is 3.61. The van der Waals surface area contributed by atoms with Crippen molar-refractivity contribution in [3.05, 3.63) is 45.0 Å². The van der Waals surface area contributed by atoms with E-state index in [1.165, 1.54) is 18.2 Å². The Morgan fingerprint density at radius 1 is 1.64 bits per heavy atom. The van der Waals surface area contributed by atoms with Gasteiger partial charge >= 0.3 is 0 Å². The lowest BCUT2D eigenvalue weighted by atomic mass is 10.1. The topological polar surface area (TPSA) is 66.9 Å². The Morgan fingerprint density at radius 2 is 2.29 bits per heavy atom. The average Bonchev–Trinajstić information content (AvgIpc) is 2.17. The predicted octanol–water partition coefficient (Wildman–Crippen LogP) is 2.76. The van der Waals surface area contributed by atoms with Gasteiger partial charge in [-0.15, -0.1) is 0 Å². The summed E-state index contributed by atoms with van der Waals surface area (Å²) >= 11 is 5.76. The molecule has 0 unspecified atom stereocenters. The molecule has 0 fully saturated rings. The van der Waals surface area contributed by atoms with Gasteiger partial charge < -0.3 is 0 Å². The molecule has 0 heterocycles. The van der Waals surface area contributed by atoms with E-state index in [0.29, 0.717) is 5.56 Å². The number of halogens is 1. The van der Waals surface area contributed by atoms with Crippen LogP contribution in [0.5, 0.6) is 0 Å². The molecule has 0 N–H and O–H groups in total. The molecule has 5 heteroatoms. The largest absolute Gasteiger partial charge is 0.288 e. The molecule has 0 aliphatic carbocycles. The van der Waals surface area contributed by atoms with Crippen LogP contribution in [0.4, 0.5) is 5.69 Å². The Kier molecular flexibility index (Phi) is 2.85. The van der Waals surface area contributed by atoms with Crippen molar-refractivity contribution in [1.82, 2.24) is 0 Å². The van der Waals surface area contributed by atoms with Crippen LogP contribution in [0.1, 0.15) is 11.1 Å². The molecule has 14 heavy (non-hydrogen) atoms. The molecular weight excluding hydrogens is 204 g/mol. The summed E-state index contributed by atoms with van der Waals surface area (Å²) in [5.41, 5.74) is 0.0889. The lowest BCUT2D eigenvalue weighted by Gasteiger charge is -2.00. The van der Waals surface area contributed by atoms with Crippen LogP contribution in [0.25, 0.3) is 6.08 Å². The highest BCUT2D eigenvalue weighted by molar-refractivity contribution is 6.33. The van der Waals surface area contributed by atoms with Crippen LogP contribution >= 0.6 is 11.6 Å². The van der Waals surface area contributed by atoms with Gasteiger partial charge in [0, 0.05) is 6.07 Å². The molecule has 0 saturated carbocycles. The maximum Gasteiger partial charge on any atom is 0.288 e. The minimum absolute atomic E-state index is 0.0664. The smallest absolute Gasteiger partial charge is 0.258 e. The zero-order chi connectivity index (χ0) is 10.7. The van der Waals surface area contributed by atoms with E-state index in [4.69, 9.17) is 16.9 Å². The molecule has 0 bridgehead atoms. The van der Waals surface area contributed by atoms with E-state index in [1.54, 1.807) is 6.07 Å². The maximum absolute atomic E-state index is 10.5. The second kappa shape index (κ2) is 3.90. The molecule has 1 rings (SSSR count). The van der Waals surface area contributed by atoms with Gasteiger partial charge in [-0.3, -0.25) is 10.1 Å². The van der Waals surface area contributed by atoms with Gasteiger partial charge in [0.15, 0.2) is 0 Å². The van der Waals surface area contributed by atoms with E-state index in [9.17, 15) is 10.1 Å². The number of rotatable bonds is 2. The normalized spacial score (nSPS) is 9.14. The summed E-state index contributed by atoms with van der Waals surface area (Å²) in [5.74, 6) is 0. The summed E-state index contributed by atoms with van der Waals surface area (Å²) in [5, 5.41) is 19.3. The minimum Gasteiger partial charge on any atom is -0.258 e. The van der Waals surface area contributed by atoms with Crippen molar-refractivity contribution in [2.75, 3.05) is 0 Å². The molecule has 0 aliphatic rings. The van der Waals surface area contributed by atoms with E-state index in [2.05, 4.69) is 6.58 Å². The van der Waals surface area contributed by atoms with E-state index >= 15 is 0 Å². The van der Waals surface area contributed by atoms with Crippen LogP contribution in [-0.2, 0) is 0 Å². The third-order valence-corrected chi connectivity index (χ3v) is 2.09. The Labute approximate surface area is 85.2 Å². The number of nitriles is 1. The van der Waals surface area contributed by atoms with Gasteiger partial charge in [-0.1, -0.05) is 24.3 Å². The highest BCUT2D eigenvalue weighted by Crippen LogP contribution is 2.29. The van der Waals surface area contributed by atoms with Gasteiger partial charge in [-0.25, -0.2) is 0 Å². The van der Waals surface area contributed by atoms with Crippen LogP contribution < -0.4 is 0 Å².